The highest BCUT2D eigenvalue weighted by molar-refractivity contribution is 7.25. The van der Waals surface area contributed by atoms with Crippen LogP contribution in [0.3, 0.4) is 0 Å². The molecule has 5 nitrogen and oxygen atoms in total. The third kappa shape index (κ3) is 1.93. The van der Waals surface area contributed by atoms with E-state index in [4.69, 9.17) is 0 Å². The van der Waals surface area contributed by atoms with Crippen LogP contribution in [-0.4, -0.2) is 15.0 Å². The number of nitrogens with one attached hydrogen (secondary N) is 2. The molecular weight excluding hydrogens is 306 g/mol. The number of H-pyrrole nitrogens is 2. The second-order valence-corrected chi connectivity index (χ2v) is 6.96. The first-order chi connectivity index (χ1) is 10.1. The predicted octanol–water partition coefficient (Wildman–Crippen LogP) is 2.86. The van der Waals surface area contributed by atoms with Crippen molar-refractivity contribution in [1.29, 1.82) is 0 Å². The third-order valence-electron chi connectivity index (χ3n) is 3.22. The maximum atomic E-state index is 11.8. The molecule has 0 bridgehead atoms. The molecule has 0 aliphatic rings. The zero-order valence-corrected chi connectivity index (χ0v) is 12.5. The van der Waals surface area contributed by atoms with Gasteiger partial charge in [0.25, 0.3) is 5.56 Å². The monoisotopic (exact) mass is 315 g/mol. The van der Waals surface area contributed by atoms with Gasteiger partial charge in [-0.3, -0.25) is 9.78 Å². The van der Waals surface area contributed by atoms with Crippen molar-refractivity contribution in [3.05, 3.63) is 50.0 Å². The molecular formula is C14H9N3O2S2. The van der Waals surface area contributed by atoms with Crippen LogP contribution >= 0.6 is 22.7 Å². The van der Waals surface area contributed by atoms with Crippen molar-refractivity contribution in [1.82, 2.24) is 15.0 Å². The third-order valence-corrected chi connectivity index (χ3v) is 5.34. The molecule has 0 unspecified atom stereocenters. The van der Waals surface area contributed by atoms with Crippen LogP contribution in [0.15, 0.2) is 33.9 Å². The molecule has 0 amide bonds. The summed E-state index contributed by atoms with van der Waals surface area (Å²) in [5.41, 5.74) is 0.575. The van der Waals surface area contributed by atoms with Crippen molar-refractivity contribution in [3.8, 4) is 10.6 Å². The van der Waals surface area contributed by atoms with E-state index < -0.39 is 5.69 Å². The molecule has 7 heteroatoms. The average molecular weight is 315 g/mol. The van der Waals surface area contributed by atoms with Gasteiger partial charge in [0.15, 0.2) is 0 Å². The molecule has 0 aromatic carbocycles. The number of rotatable bonds is 1. The molecule has 0 fully saturated rings. The molecule has 0 saturated carbocycles. The predicted molar refractivity (Wildman–Crippen MR) is 86.4 cm³/mol. The van der Waals surface area contributed by atoms with Gasteiger partial charge in [-0.15, -0.1) is 22.7 Å². The molecule has 0 atom stereocenters. The summed E-state index contributed by atoms with van der Waals surface area (Å²) in [6.45, 7) is 2.05. The van der Waals surface area contributed by atoms with Gasteiger partial charge in [-0.1, -0.05) is 0 Å². The first-order valence-corrected chi connectivity index (χ1v) is 7.88. The molecule has 4 aromatic rings. The molecule has 0 saturated heterocycles. The molecule has 2 N–H and O–H groups in total. The van der Waals surface area contributed by atoms with E-state index in [0.29, 0.717) is 10.2 Å². The lowest BCUT2D eigenvalue weighted by Gasteiger charge is -1.96. The molecule has 104 valence electrons. The number of aryl methyl sites for hydroxylation is 1. The van der Waals surface area contributed by atoms with Crippen LogP contribution in [0, 0.1) is 6.92 Å². The first kappa shape index (κ1) is 12.5. The molecule has 4 aromatic heterocycles. The summed E-state index contributed by atoms with van der Waals surface area (Å²) in [5.74, 6) is 0. The molecule has 4 heterocycles. The Kier molecular flexibility index (Phi) is 2.60. The Labute approximate surface area is 125 Å². The summed E-state index contributed by atoms with van der Waals surface area (Å²) in [5, 5.41) is 0.801. The van der Waals surface area contributed by atoms with Gasteiger partial charge in [0, 0.05) is 10.3 Å². The van der Waals surface area contributed by atoms with Crippen molar-refractivity contribution in [2.75, 3.05) is 0 Å². The van der Waals surface area contributed by atoms with Gasteiger partial charge >= 0.3 is 5.69 Å². The smallest absolute Gasteiger partial charge is 0.305 e. The van der Waals surface area contributed by atoms with E-state index in [1.54, 1.807) is 11.3 Å². The fourth-order valence-corrected chi connectivity index (χ4v) is 4.14. The lowest BCUT2D eigenvalue weighted by Crippen LogP contribution is -2.20. The van der Waals surface area contributed by atoms with Gasteiger partial charge in [0.2, 0.25) is 0 Å². The molecule has 21 heavy (non-hydrogen) atoms. The topological polar surface area (TPSA) is 78.6 Å². The molecule has 0 radical (unpaired) electrons. The van der Waals surface area contributed by atoms with Gasteiger partial charge in [0.1, 0.15) is 9.53 Å². The second kappa shape index (κ2) is 4.37. The number of aromatic nitrogens is 3. The second-order valence-electron chi connectivity index (χ2n) is 4.67. The summed E-state index contributed by atoms with van der Waals surface area (Å²) in [4.78, 5) is 35.9. The Morgan fingerprint density at radius 1 is 1.05 bits per heavy atom. The molecule has 0 spiro atoms. The van der Waals surface area contributed by atoms with Crippen LogP contribution in [0.25, 0.3) is 31.0 Å². The summed E-state index contributed by atoms with van der Waals surface area (Å²) >= 11 is 2.97. The maximum absolute atomic E-state index is 11.8. The van der Waals surface area contributed by atoms with E-state index in [0.717, 1.165) is 20.8 Å². The number of hydrogen-bond acceptors (Lipinski definition) is 5. The maximum Gasteiger partial charge on any atom is 0.326 e. The zero-order valence-electron chi connectivity index (χ0n) is 10.9. The van der Waals surface area contributed by atoms with E-state index in [-0.39, 0.29) is 5.56 Å². The van der Waals surface area contributed by atoms with E-state index in [1.165, 1.54) is 16.2 Å². The minimum Gasteiger partial charge on any atom is -0.305 e. The Hall–Kier alpha value is -2.25. The Balaban J connectivity index is 2.05. The summed E-state index contributed by atoms with van der Waals surface area (Å²) in [6, 6.07) is 7.91. The average Bonchev–Trinajstić information content (AvgIpc) is 3.02. The summed E-state index contributed by atoms with van der Waals surface area (Å²) in [6.07, 6.45) is 0. The van der Waals surface area contributed by atoms with Crippen LogP contribution < -0.4 is 11.2 Å². The van der Waals surface area contributed by atoms with E-state index >= 15 is 0 Å². The fraction of sp³-hybridized carbons (Fsp3) is 0.0714. The number of thiophene rings is 2. The van der Waals surface area contributed by atoms with Crippen LogP contribution in [0.5, 0.6) is 0 Å². The summed E-state index contributed by atoms with van der Waals surface area (Å²) < 4.78 is 0.497. The van der Waals surface area contributed by atoms with E-state index in [2.05, 4.69) is 27.9 Å². The standard InChI is InChI=1S/C14H9N3O2S2/c1-6-2-5-9(20-6)8-4-3-7-10-11(21-13(7)15-8)12(18)17-14(19)16-10/h2-5H,1H3,(H2,16,17,18,19). The lowest BCUT2D eigenvalue weighted by molar-refractivity contribution is 1.09. The van der Waals surface area contributed by atoms with E-state index in [9.17, 15) is 9.59 Å². The molecule has 0 aliphatic carbocycles. The van der Waals surface area contributed by atoms with Crippen molar-refractivity contribution in [2.24, 2.45) is 0 Å². The van der Waals surface area contributed by atoms with Crippen molar-refractivity contribution >= 4 is 43.1 Å². The Morgan fingerprint density at radius 2 is 1.90 bits per heavy atom. The van der Waals surface area contributed by atoms with Gasteiger partial charge < -0.3 is 4.98 Å². The summed E-state index contributed by atoms with van der Waals surface area (Å²) in [7, 11) is 0. The fourth-order valence-electron chi connectivity index (χ4n) is 2.28. The van der Waals surface area contributed by atoms with Crippen LogP contribution in [0.2, 0.25) is 0 Å². The quantitative estimate of drug-likeness (QED) is 0.567. The van der Waals surface area contributed by atoms with Crippen molar-refractivity contribution in [3.63, 3.8) is 0 Å². The first-order valence-electron chi connectivity index (χ1n) is 6.24. The normalized spacial score (nSPS) is 11.5. The molecule has 0 aliphatic heterocycles. The van der Waals surface area contributed by atoms with Crippen LogP contribution in [-0.2, 0) is 0 Å². The Morgan fingerprint density at radius 3 is 2.67 bits per heavy atom. The molecule has 4 rings (SSSR count). The zero-order chi connectivity index (χ0) is 14.6. The van der Waals surface area contributed by atoms with Gasteiger partial charge in [-0.2, -0.15) is 0 Å². The van der Waals surface area contributed by atoms with Gasteiger partial charge in [0.05, 0.1) is 16.1 Å². The highest BCUT2D eigenvalue weighted by atomic mass is 32.1. The van der Waals surface area contributed by atoms with Gasteiger partial charge in [-0.25, -0.2) is 9.78 Å². The lowest BCUT2D eigenvalue weighted by atomic mass is 10.2. The number of nitrogens with zero attached hydrogens (tertiary/aromatic N) is 1. The number of pyridine rings is 1. The van der Waals surface area contributed by atoms with Crippen molar-refractivity contribution in [2.45, 2.75) is 6.92 Å². The highest BCUT2D eigenvalue weighted by Gasteiger charge is 2.12. The Bertz CT molecular complexity index is 1100. The van der Waals surface area contributed by atoms with E-state index in [1.807, 2.05) is 18.2 Å². The minimum atomic E-state index is -0.495. The van der Waals surface area contributed by atoms with Crippen LogP contribution in [0.1, 0.15) is 4.88 Å². The van der Waals surface area contributed by atoms with Gasteiger partial charge in [-0.05, 0) is 31.2 Å². The minimum absolute atomic E-state index is 0.370. The number of fused-ring (bicyclic) bond motifs is 3. The number of hydrogen-bond donors (Lipinski definition) is 2. The largest absolute Gasteiger partial charge is 0.326 e. The van der Waals surface area contributed by atoms with Crippen molar-refractivity contribution < 1.29 is 0 Å². The highest BCUT2D eigenvalue weighted by Crippen LogP contribution is 2.32. The SMILES string of the molecule is Cc1ccc(-c2ccc3c(n2)sc2c(=O)[nH]c(=O)[nH]c23)s1. The number of aromatic amines is 2. The van der Waals surface area contributed by atoms with Crippen LogP contribution in [0.4, 0.5) is 0 Å².